The summed E-state index contributed by atoms with van der Waals surface area (Å²) in [7, 11) is 0. The highest BCUT2D eigenvalue weighted by Crippen LogP contribution is 2.20. The summed E-state index contributed by atoms with van der Waals surface area (Å²) in [5.41, 5.74) is -0.147. The highest BCUT2D eigenvalue weighted by atomic mass is 32.2. The maximum Gasteiger partial charge on any atom is 0.182 e. The van der Waals surface area contributed by atoms with Gasteiger partial charge in [0.05, 0.1) is 5.69 Å². The lowest BCUT2D eigenvalue weighted by molar-refractivity contribution is 0.497. The standard InChI is InChI=1S/C14H12F3NS/c15-10-8-12(16)14(17)13(9-10)18-6-7-19-11-4-2-1-3-5-11/h1-5,8-9,18H,6-7H2. The van der Waals surface area contributed by atoms with Crippen LogP contribution in [-0.4, -0.2) is 12.3 Å². The van der Waals surface area contributed by atoms with Gasteiger partial charge in [-0.15, -0.1) is 11.8 Å². The van der Waals surface area contributed by atoms with Crippen LogP contribution in [0.4, 0.5) is 18.9 Å². The Morgan fingerprint density at radius 2 is 1.74 bits per heavy atom. The zero-order chi connectivity index (χ0) is 13.7. The minimum atomic E-state index is -1.18. The van der Waals surface area contributed by atoms with E-state index in [0.717, 1.165) is 11.0 Å². The molecule has 2 aromatic carbocycles. The van der Waals surface area contributed by atoms with E-state index in [4.69, 9.17) is 0 Å². The van der Waals surface area contributed by atoms with E-state index in [1.165, 1.54) is 0 Å². The van der Waals surface area contributed by atoms with E-state index in [0.29, 0.717) is 18.4 Å². The van der Waals surface area contributed by atoms with E-state index < -0.39 is 17.5 Å². The van der Waals surface area contributed by atoms with Crippen LogP contribution < -0.4 is 5.32 Å². The van der Waals surface area contributed by atoms with Gasteiger partial charge in [-0.3, -0.25) is 0 Å². The monoisotopic (exact) mass is 283 g/mol. The van der Waals surface area contributed by atoms with Gasteiger partial charge in [-0.05, 0) is 12.1 Å². The summed E-state index contributed by atoms with van der Waals surface area (Å²) in [4.78, 5) is 1.09. The Bertz CT molecular complexity index is 546. The van der Waals surface area contributed by atoms with Crippen molar-refractivity contribution in [2.24, 2.45) is 0 Å². The van der Waals surface area contributed by atoms with Crippen molar-refractivity contribution in [2.75, 3.05) is 17.6 Å². The van der Waals surface area contributed by atoms with Gasteiger partial charge in [0.2, 0.25) is 0 Å². The van der Waals surface area contributed by atoms with Crippen LogP contribution in [0, 0.1) is 17.5 Å². The molecule has 1 N–H and O–H groups in total. The fourth-order valence-corrected chi connectivity index (χ4v) is 2.35. The zero-order valence-electron chi connectivity index (χ0n) is 10.00. The largest absolute Gasteiger partial charge is 0.382 e. The van der Waals surface area contributed by atoms with Crippen molar-refractivity contribution >= 4 is 17.4 Å². The summed E-state index contributed by atoms with van der Waals surface area (Å²) in [6.45, 7) is 0.416. The molecule has 0 bridgehead atoms. The Morgan fingerprint density at radius 1 is 1.00 bits per heavy atom. The molecule has 19 heavy (non-hydrogen) atoms. The molecule has 0 radical (unpaired) electrons. The van der Waals surface area contributed by atoms with E-state index in [9.17, 15) is 13.2 Å². The maximum absolute atomic E-state index is 13.3. The van der Waals surface area contributed by atoms with Crippen molar-refractivity contribution in [3.05, 3.63) is 59.9 Å². The molecule has 0 fully saturated rings. The van der Waals surface area contributed by atoms with Crippen molar-refractivity contribution < 1.29 is 13.2 Å². The predicted octanol–water partition coefficient (Wildman–Crippen LogP) is 4.31. The number of thioether (sulfide) groups is 1. The summed E-state index contributed by atoms with van der Waals surface area (Å²) in [6.07, 6.45) is 0. The van der Waals surface area contributed by atoms with Crippen molar-refractivity contribution in [3.63, 3.8) is 0 Å². The molecule has 0 saturated heterocycles. The Kier molecular flexibility index (Phi) is 4.74. The molecule has 0 amide bonds. The predicted molar refractivity (Wildman–Crippen MR) is 72.0 cm³/mol. The van der Waals surface area contributed by atoms with Crippen LogP contribution in [0.15, 0.2) is 47.4 Å². The smallest absolute Gasteiger partial charge is 0.182 e. The number of hydrogen-bond donors (Lipinski definition) is 1. The molecule has 0 spiro atoms. The lowest BCUT2D eigenvalue weighted by Gasteiger charge is -2.08. The Hall–Kier alpha value is -1.62. The van der Waals surface area contributed by atoms with Gasteiger partial charge in [-0.2, -0.15) is 0 Å². The first kappa shape index (κ1) is 13.8. The third-order valence-electron chi connectivity index (χ3n) is 2.42. The fourth-order valence-electron chi connectivity index (χ4n) is 1.56. The second-order valence-corrected chi connectivity index (χ2v) is 5.01. The summed E-state index contributed by atoms with van der Waals surface area (Å²) >= 11 is 1.58. The Balaban J connectivity index is 1.86. The van der Waals surface area contributed by atoms with Crippen LogP contribution in [0.3, 0.4) is 0 Å². The van der Waals surface area contributed by atoms with Crippen molar-refractivity contribution in [3.8, 4) is 0 Å². The number of rotatable bonds is 5. The molecule has 0 aromatic heterocycles. The Labute approximate surface area is 113 Å². The molecule has 0 aliphatic carbocycles. The van der Waals surface area contributed by atoms with Gasteiger partial charge in [0.25, 0.3) is 0 Å². The molecular formula is C14H12F3NS. The van der Waals surface area contributed by atoms with Crippen LogP contribution in [0.2, 0.25) is 0 Å². The molecule has 0 atom stereocenters. The first-order valence-corrected chi connectivity index (χ1v) is 6.71. The van der Waals surface area contributed by atoms with E-state index in [-0.39, 0.29) is 5.69 Å². The molecule has 5 heteroatoms. The van der Waals surface area contributed by atoms with Gasteiger partial charge >= 0.3 is 0 Å². The van der Waals surface area contributed by atoms with E-state index >= 15 is 0 Å². The van der Waals surface area contributed by atoms with Gasteiger partial charge in [-0.25, -0.2) is 13.2 Å². The van der Waals surface area contributed by atoms with Crippen molar-refractivity contribution in [1.82, 2.24) is 0 Å². The highest BCUT2D eigenvalue weighted by molar-refractivity contribution is 7.99. The molecular weight excluding hydrogens is 271 g/mol. The van der Waals surface area contributed by atoms with Crippen LogP contribution in [0.5, 0.6) is 0 Å². The molecule has 1 nitrogen and oxygen atoms in total. The molecule has 2 rings (SSSR count). The molecule has 0 saturated carbocycles. The van der Waals surface area contributed by atoms with Gasteiger partial charge in [-0.1, -0.05) is 18.2 Å². The maximum atomic E-state index is 13.3. The molecule has 0 aliphatic heterocycles. The van der Waals surface area contributed by atoms with Gasteiger partial charge < -0.3 is 5.32 Å². The first-order valence-electron chi connectivity index (χ1n) is 5.73. The van der Waals surface area contributed by atoms with E-state index in [2.05, 4.69) is 5.32 Å². The van der Waals surface area contributed by atoms with Crippen LogP contribution in [0.1, 0.15) is 0 Å². The summed E-state index contributed by atoms with van der Waals surface area (Å²) in [5, 5.41) is 2.69. The average Bonchev–Trinajstić information content (AvgIpc) is 2.41. The first-order chi connectivity index (χ1) is 9.16. The van der Waals surface area contributed by atoms with Crippen LogP contribution in [0.25, 0.3) is 0 Å². The third-order valence-corrected chi connectivity index (χ3v) is 3.44. The van der Waals surface area contributed by atoms with Crippen LogP contribution in [-0.2, 0) is 0 Å². The molecule has 0 unspecified atom stereocenters. The van der Waals surface area contributed by atoms with Crippen LogP contribution >= 0.6 is 11.8 Å². The topological polar surface area (TPSA) is 12.0 Å². The summed E-state index contributed by atoms with van der Waals surface area (Å²) < 4.78 is 39.2. The molecule has 100 valence electrons. The number of halogens is 3. The normalized spacial score (nSPS) is 10.5. The number of nitrogens with one attached hydrogen (secondary N) is 1. The van der Waals surface area contributed by atoms with Gasteiger partial charge in [0.15, 0.2) is 11.6 Å². The minimum Gasteiger partial charge on any atom is -0.382 e. The number of anilines is 1. The van der Waals surface area contributed by atoms with Gasteiger partial charge in [0, 0.05) is 29.3 Å². The van der Waals surface area contributed by atoms with E-state index in [1.807, 2.05) is 30.3 Å². The SMILES string of the molecule is Fc1cc(F)c(F)c(NCCSc2ccccc2)c1. The second kappa shape index (κ2) is 6.52. The quantitative estimate of drug-likeness (QED) is 0.498. The minimum absolute atomic E-state index is 0.147. The van der Waals surface area contributed by atoms with E-state index in [1.54, 1.807) is 11.8 Å². The van der Waals surface area contributed by atoms with Crippen molar-refractivity contribution in [2.45, 2.75) is 4.90 Å². The number of benzene rings is 2. The second-order valence-electron chi connectivity index (χ2n) is 3.84. The third kappa shape index (κ3) is 3.92. The average molecular weight is 283 g/mol. The molecule has 0 aliphatic rings. The Morgan fingerprint density at radius 3 is 2.47 bits per heavy atom. The lowest BCUT2D eigenvalue weighted by atomic mass is 10.3. The fraction of sp³-hybridized carbons (Fsp3) is 0.143. The highest BCUT2D eigenvalue weighted by Gasteiger charge is 2.10. The molecule has 2 aromatic rings. The lowest BCUT2D eigenvalue weighted by Crippen LogP contribution is -2.07. The summed E-state index contributed by atoms with van der Waals surface area (Å²) in [5.74, 6) is -2.36. The van der Waals surface area contributed by atoms with Crippen molar-refractivity contribution in [1.29, 1.82) is 0 Å². The zero-order valence-corrected chi connectivity index (χ0v) is 10.8. The van der Waals surface area contributed by atoms with Gasteiger partial charge in [0.1, 0.15) is 5.82 Å². The molecule has 0 heterocycles. The number of hydrogen-bond acceptors (Lipinski definition) is 2. The summed E-state index contributed by atoms with van der Waals surface area (Å²) in [6, 6.07) is 11.2.